The van der Waals surface area contributed by atoms with Gasteiger partial charge in [-0.25, -0.2) is 0 Å². The average molecular weight is 1680 g/mol. The SMILES string of the molecule is CC(C)(C)c1ccc2c(c1)c1cc(C(C)(C)C)ccc1n2-c1ccc(-c2nc(-c3ccccc3)no2)cc1.c1ccc(-c2ccc3c(c2)c2cc(-c4ccccc4)ccc2n3-c2ccc(-c3nc(-c4ccccc4)no3)cc2)cc1.c1ccc(-c2noc(-c3ccc(-n4c5ccc(-c6cccc7ccccc67)cc5c5cc(-c6cccc7ccccc67)ccc54)cc3)n2)cc1. The van der Waals surface area contributed by atoms with Crippen molar-refractivity contribution in [2.24, 2.45) is 0 Å². The largest absolute Gasteiger partial charge is 0.334 e. The molecule has 6 aromatic heterocycles. The van der Waals surface area contributed by atoms with E-state index in [9.17, 15) is 0 Å². The molecule has 130 heavy (non-hydrogen) atoms. The normalized spacial score (nSPS) is 11.8. The van der Waals surface area contributed by atoms with Gasteiger partial charge in [-0.15, -0.1) is 0 Å². The lowest BCUT2D eigenvalue weighted by atomic mass is 9.85. The zero-order valence-corrected chi connectivity index (χ0v) is 72.6. The van der Waals surface area contributed by atoms with Gasteiger partial charge in [0.25, 0.3) is 17.7 Å². The third-order valence-corrected chi connectivity index (χ3v) is 24.9. The summed E-state index contributed by atoms with van der Waals surface area (Å²) in [7, 11) is 0. The van der Waals surface area contributed by atoms with E-state index in [0.717, 1.165) is 72.5 Å². The molecule has 0 aliphatic heterocycles. The van der Waals surface area contributed by atoms with Crippen LogP contribution in [0.5, 0.6) is 0 Å². The molecule has 0 saturated heterocycles. The number of benzene rings is 18. The maximum atomic E-state index is 5.68. The van der Waals surface area contributed by atoms with Crippen molar-refractivity contribution in [2.75, 3.05) is 0 Å². The van der Waals surface area contributed by atoms with E-state index in [1.165, 1.54) is 121 Å². The zero-order chi connectivity index (χ0) is 87.6. The number of rotatable bonds is 13. The van der Waals surface area contributed by atoms with Crippen LogP contribution in [0.4, 0.5) is 0 Å². The molecule has 0 N–H and O–H groups in total. The van der Waals surface area contributed by atoms with Crippen molar-refractivity contribution in [1.29, 1.82) is 0 Å². The second kappa shape index (κ2) is 33.0. The fourth-order valence-electron chi connectivity index (χ4n) is 18.1. The summed E-state index contributed by atoms with van der Waals surface area (Å²) in [6.45, 7) is 13.6. The first-order valence-electron chi connectivity index (χ1n) is 44.0. The van der Waals surface area contributed by atoms with Crippen molar-refractivity contribution >= 4 is 87.0 Å². The fraction of sp³-hybridized carbons (Fsp3) is 0.0678. The van der Waals surface area contributed by atoms with E-state index in [-0.39, 0.29) is 10.8 Å². The highest BCUT2D eigenvalue weighted by atomic mass is 16.5. The third kappa shape index (κ3) is 15.0. The second-order valence-corrected chi connectivity index (χ2v) is 35.2. The van der Waals surface area contributed by atoms with Crippen LogP contribution in [0.25, 0.3) is 217 Å². The molecule has 0 fully saturated rings. The summed E-state index contributed by atoms with van der Waals surface area (Å²) in [4.78, 5) is 13.9. The summed E-state index contributed by atoms with van der Waals surface area (Å²) < 4.78 is 23.9. The van der Waals surface area contributed by atoms with Crippen LogP contribution in [0.3, 0.4) is 0 Å². The van der Waals surface area contributed by atoms with E-state index < -0.39 is 0 Å². The fourth-order valence-corrected chi connectivity index (χ4v) is 18.1. The molecule has 6 heterocycles. The monoisotopic (exact) mass is 1680 g/mol. The summed E-state index contributed by atoms with van der Waals surface area (Å²) >= 11 is 0. The first-order chi connectivity index (χ1) is 63.7. The summed E-state index contributed by atoms with van der Waals surface area (Å²) in [5.41, 5.74) is 28.2. The summed E-state index contributed by atoms with van der Waals surface area (Å²) in [6, 6.07) is 147. The molecular formula is C118H87N9O3. The summed E-state index contributed by atoms with van der Waals surface area (Å²) in [5, 5.41) is 25.0. The van der Waals surface area contributed by atoms with Crippen LogP contribution in [0, 0.1) is 0 Å². The van der Waals surface area contributed by atoms with Crippen LogP contribution in [0.2, 0.25) is 0 Å². The smallest absolute Gasteiger partial charge is 0.258 e. The van der Waals surface area contributed by atoms with Crippen LogP contribution in [0.15, 0.2) is 432 Å². The summed E-state index contributed by atoms with van der Waals surface area (Å²) in [6.07, 6.45) is 0. The Hall–Kier alpha value is -16.7. The maximum absolute atomic E-state index is 5.68. The highest BCUT2D eigenvalue weighted by Crippen LogP contribution is 2.44. The van der Waals surface area contributed by atoms with Gasteiger partial charge >= 0.3 is 0 Å². The topological polar surface area (TPSA) is 132 Å². The molecule has 24 rings (SSSR count). The maximum Gasteiger partial charge on any atom is 0.258 e. The van der Waals surface area contributed by atoms with Gasteiger partial charge in [0.2, 0.25) is 17.5 Å². The lowest BCUT2D eigenvalue weighted by molar-refractivity contribution is 0.432. The van der Waals surface area contributed by atoms with E-state index in [1.54, 1.807) is 0 Å². The molecule has 0 aliphatic carbocycles. The predicted molar refractivity (Wildman–Crippen MR) is 533 cm³/mol. The number of hydrogen-bond acceptors (Lipinski definition) is 9. The minimum Gasteiger partial charge on any atom is -0.334 e. The molecule has 0 amide bonds. The van der Waals surface area contributed by atoms with Crippen LogP contribution in [0.1, 0.15) is 52.7 Å². The number of fused-ring (bicyclic) bond motifs is 11. The highest BCUT2D eigenvalue weighted by molar-refractivity contribution is 6.15. The Morgan fingerprint density at radius 3 is 0.746 bits per heavy atom. The lowest BCUT2D eigenvalue weighted by Crippen LogP contribution is -2.10. The van der Waals surface area contributed by atoms with E-state index in [2.05, 4.69) is 401 Å². The molecule has 12 nitrogen and oxygen atoms in total. The van der Waals surface area contributed by atoms with Crippen molar-refractivity contribution in [3.05, 3.63) is 430 Å². The van der Waals surface area contributed by atoms with E-state index in [1.807, 2.05) is 103 Å². The van der Waals surface area contributed by atoms with Crippen molar-refractivity contribution in [3.8, 4) is 130 Å². The Morgan fingerprint density at radius 1 is 0.192 bits per heavy atom. The van der Waals surface area contributed by atoms with Crippen molar-refractivity contribution in [2.45, 2.75) is 52.4 Å². The van der Waals surface area contributed by atoms with Crippen LogP contribution < -0.4 is 0 Å². The Balaban J connectivity index is 0.000000116. The highest BCUT2D eigenvalue weighted by Gasteiger charge is 2.25. The Bertz CT molecular complexity index is 8010. The van der Waals surface area contributed by atoms with Crippen LogP contribution >= 0.6 is 0 Å². The van der Waals surface area contributed by atoms with E-state index in [4.69, 9.17) is 13.6 Å². The average Bonchev–Trinajstić information content (AvgIpc) is 1.59. The van der Waals surface area contributed by atoms with Gasteiger partial charge < -0.3 is 27.3 Å². The molecule has 622 valence electrons. The molecule has 0 saturated carbocycles. The van der Waals surface area contributed by atoms with Gasteiger partial charge in [-0.1, -0.05) is 330 Å². The van der Waals surface area contributed by atoms with E-state index in [0.29, 0.717) is 35.1 Å². The third-order valence-electron chi connectivity index (χ3n) is 24.9. The molecule has 24 aromatic rings. The van der Waals surface area contributed by atoms with Gasteiger partial charge in [0, 0.05) is 82.8 Å². The molecule has 0 atom stereocenters. The van der Waals surface area contributed by atoms with Gasteiger partial charge in [0.05, 0.1) is 33.1 Å². The molecule has 0 bridgehead atoms. The van der Waals surface area contributed by atoms with Gasteiger partial charge in [-0.05, 0) is 234 Å². The van der Waals surface area contributed by atoms with Gasteiger partial charge in [0.15, 0.2) is 0 Å². The minimum absolute atomic E-state index is 0.0780. The van der Waals surface area contributed by atoms with Gasteiger partial charge in [-0.2, -0.15) is 15.0 Å². The van der Waals surface area contributed by atoms with Gasteiger partial charge in [0.1, 0.15) is 0 Å². The minimum atomic E-state index is 0.0780. The predicted octanol–water partition coefficient (Wildman–Crippen LogP) is 31.1. The number of aromatic nitrogens is 9. The Kier molecular flexibility index (Phi) is 20.1. The van der Waals surface area contributed by atoms with Crippen molar-refractivity contribution in [3.63, 3.8) is 0 Å². The molecule has 0 unspecified atom stereocenters. The quantitative estimate of drug-likeness (QED) is 0.111. The Labute approximate surface area is 751 Å². The first kappa shape index (κ1) is 79.2. The van der Waals surface area contributed by atoms with E-state index >= 15 is 0 Å². The molecule has 0 radical (unpaired) electrons. The lowest BCUT2D eigenvalue weighted by Gasteiger charge is -2.19. The second-order valence-electron chi connectivity index (χ2n) is 35.2. The number of nitrogens with zero attached hydrogens (tertiary/aromatic N) is 9. The Morgan fingerprint density at radius 2 is 0.438 bits per heavy atom. The first-order valence-corrected chi connectivity index (χ1v) is 44.0. The number of hydrogen-bond donors (Lipinski definition) is 0. The summed E-state index contributed by atoms with van der Waals surface area (Å²) in [5.74, 6) is 3.27. The molecule has 18 aromatic carbocycles. The van der Waals surface area contributed by atoms with Crippen molar-refractivity contribution < 1.29 is 13.6 Å². The molecular weight excluding hydrogens is 1590 g/mol. The molecule has 0 aliphatic rings. The molecule has 12 heteroatoms. The van der Waals surface area contributed by atoms with Crippen LogP contribution in [-0.4, -0.2) is 44.1 Å². The zero-order valence-electron chi connectivity index (χ0n) is 72.6. The van der Waals surface area contributed by atoms with Crippen LogP contribution in [-0.2, 0) is 10.8 Å². The van der Waals surface area contributed by atoms with Gasteiger partial charge in [-0.3, -0.25) is 0 Å². The standard InChI is InChI=1S/C46H29N3O.C38H25N3O.C34H33N3O/c1-2-12-32(13-3-1)45-47-46(50-48-45)33-20-24-36(25-21-33)49-43-26-22-34(39-18-8-14-30-10-4-6-16-37(30)39)28-41(43)42-29-35(23-27-44(42)49)40-19-9-15-31-11-5-7-17-38(31)40;1-4-10-26(11-5-1)30-18-22-35-33(24-30)34-25-31(27-12-6-2-7-13-27)19-23-36(34)41(35)32-20-16-29(17-21-32)38-39-37(40-42-38)28-14-8-3-9-15-28;1-33(2,3)24-14-18-29-27(20-24)28-21-25(34(4,5)6)15-19-30(28)37(29)26-16-12-23(13-17-26)32-35-31(36-38-32)22-10-8-7-9-11-22/h1-29H;1-25H;7-21H,1-6H3. The van der Waals surface area contributed by atoms with Crippen molar-refractivity contribution in [1.82, 2.24) is 44.1 Å². The molecule has 0 spiro atoms.